The number of hydrogen-bond acceptors (Lipinski definition) is 3. The Morgan fingerprint density at radius 1 is 1.24 bits per heavy atom. The van der Waals surface area contributed by atoms with Crippen molar-refractivity contribution in [1.29, 1.82) is 0 Å². The summed E-state index contributed by atoms with van der Waals surface area (Å²) in [5.74, 6) is 1.81. The van der Waals surface area contributed by atoms with Crippen LogP contribution in [0.3, 0.4) is 0 Å². The van der Waals surface area contributed by atoms with Crippen molar-refractivity contribution >= 4 is 0 Å². The molecule has 1 aliphatic carbocycles. The van der Waals surface area contributed by atoms with E-state index in [4.69, 9.17) is 9.47 Å². The Morgan fingerprint density at radius 3 is 2.67 bits per heavy atom. The third kappa shape index (κ3) is 4.72. The molecule has 21 heavy (non-hydrogen) atoms. The van der Waals surface area contributed by atoms with Gasteiger partial charge in [-0.15, -0.1) is 0 Å². The van der Waals surface area contributed by atoms with E-state index in [1.165, 1.54) is 24.8 Å². The zero-order chi connectivity index (χ0) is 15.1. The third-order valence-corrected chi connectivity index (χ3v) is 4.36. The highest BCUT2D eigenvalue weighted by atomic mass is 16.5. The number of nitrogens with one attached hydrogen (secondary N) is 1. The van der Waals surface area contributed by atoms with Crippen LogP contribution in [0.4, 0.5) is 0 Å². The van der Waals surface area contributed by atoms with Crippen LogP contribution in [-0.4, -0.2) is 32.4 Å². The Bertz CT molecular complexity index is 415. The van der Waals surface area contributed by atoms with Gasteiger partial charge >= 0.3 is 0 Å². The number of rotatable bonds is 9. The number of benzene rings is 1. The molecule has 0 radical (unpaired) electrons. The summed E-state index contributed by atoms with van der Waals surface area (Å²) in [6.45, 7) is 6.12. The van der Waals surface area contributed by atoms with E-state index >= 15 is 0 Å². The van der Waals surface area contributed by atoms with Crippen LogP contribution in [-0.2, 0) is 11.2 Å². The Labute approximate surface area is 129 Å². The molecule has 3 heteroatoms. The number of ether oxygens (including phenoxy) is 2. The Hall–Kier alpha value is -1.06. The minimum absolute atomic E-state index is 0.508. The highest BCUT2D eigenvalue weighted by molar-refractivity contribution is 5.33. The fourth-order valence-electron chi connectivity index (χ4n) is 3.31. The number of hydrogen-bond donors (Lipinski definition) is 1. The lowest BCUT2D eigenvalue weighted by atomic mass is 9.77. The molecular formula is C18H29NO2. The van der Waals surface area contributed by atoms with E-state index in [-0.39, 0.29) is 0 Å². The van der Waals surface area contributed by atoms with Crippen LogP contribution < -0.4 is 10.1 Å². The van der Waals surface area contributed by atoms with Crippen molar-refractivity contribution < 1.29 is 9.47 Å². The van der Waals surface area contributed by atoms with Crippen LogP contribution in [0.15, 0.2) is 24.3 Å². The average molecular weight is 291 g/mol. The van der Waals surface area contributed by atoms with Crippen LogP contribution in [0.5, 0.6) is 5.75 Å². The number of para-hydroxylation sites is 1. The molecule has 0 bridgehead atoms. The first kappa shape index (κ1) is 16.3. The van der Waals surface area contributed by atoms with Gasteiger partial charge < -0.3 is 14.8 Å². The van der Waals surface area contributed by atoms with E-state index in [2.05, 4.69) is 31.3 Å². The maximum absolute atomic E-state index is 5.66. The zero-order valence-electron chi connectivity index (χ0n) is 13.6. The van der Waals surface area contributed by atoms with Gasteiger partial charge in [-0.1, -0.05) is 25.1 Å². The molecule has 0 amide bonds. The SMILES string of the molecule is CCNC(Cc1ccccc1OC)CC1CC(OCC)C1. The largest absolute Gasteiger partial charge is 0.496 e. The number of likely N-dealkylation sites (N-methyl/N-ethyl adjacent to an activating group) is 1. The molecule has 1 aliphatic rings. The van der Waals surface area contributed by atoms with Crippen molar-refractivity contribution in [1.82, 2.24) is 5.32 Å². The first-order chi connectivity index (χ1) is 10.3. The lowest BCUT2D eigenvalue weighted by Gasteiger charge is -2.37. The van der Waals surface area contributed by atoms with Crippen LogP contribution in [0, 0.1) is 5.92 Å². The highest BCUT2D eigenvalue weighted by Gasteiger charge is 2.31. The van der Waals surface area contributed by atoms with Gasteiger partial charge in [0.2, 0.25) is 0 Å². The topological polar surface area (TPSA) is 30.5 Å². The summed E-state index contributed by atoms with van der Waals surface area (Å²) in [6, 6.07) is 8.87. The first-order valence-electron chi connectivity index (χ1n) is 8.23. The molecule has 1 fully saturated rings. The molecule has 0 spiro atoms. The van der Waals surface area contributed by atoms with Gasteiger partial charge in [0, 0.05) is 12.6 Å². The summed E-state index contributed by atoms with van der Waals surface area (Å²) in [6.07, 6.45) is 5.22. The van der Waals surface area contributed by atoms with Crippen molar-refractivity contribution in [3.8, 4) is 5.75 Å². The lowest BCUT2D eigenvalue weighted by molar-refractivity contribution is -0.0289. The Balaban J connectivity index is 1.87. The summed E-state index contributed by atoms with van der Waals surface area (Å²) >= 11 is 0. The summed E-state index contributed by atoms with van der Waals surface area (Å²) in [7, 11) is 1.75. The van der Waals surface area contributed by atoms with Crippen LogP contribution in [0.2, 0.25) is 0 Å². The monoisotopic (exact) mass is 291 g/mol. The molecule has 3 nitrogen and oxygen atoms in total. The van der Waals surface area contributed by atoms with Crippen molar-refractivity contribution in [3.63, 3.8) is 0 Å². The molecule has 2 rings (SSSR count). The lowest BCUT2D eigenvalue weighted by Crippen LogP contribution is -2.39. The zero-order valence-corrected chi connectivity index (χ0v) is 13.6. The maximum atomic E-state index is 5.66. The van der Waals surface area contributed by atoms with Gasteiger partial charge in [0.05, 0.1) is 13.2 Å². The quantitative estimate of drug-likeness (QED) is 0.756. The fraction of sp³-hybridized carbons (Fsp3) is 0.667. The molecule has 1 atom stereocenters. The Kier molecular flexibility index (Phi) is 6.52. The molecule has 1 aromatic carbocycles. The minimum atomic E-state index is 0.508. The van der Waals surface area contributed by atoms with Crippen molar-refractivity contribution in [2.75, 3.05) is 20.3 Å². The normalized spacial score (nSPS) is 22.6. The summed E-state index contributed by atoms with van der Waals surface area (Å²) < 4.78 is 11.1. The summed E-state index contributed by atoms with van der Waals surface area (Å²) in [4.78, 5) is 0. The summed E-state index contributed by atoms with van der Waals surface area (Å²) in [5.41, 5.74) is 1.30. The van der Waals surface area contributed by atoms with Gasteiger partial charge in [-0.05, 0) is 56.7 Å². The van der Waals surface area contributed by atoms with E-state index in [9.17, 15) is 0 Å². The fourth-order valence-corrected chi connectivity index (χ4v) is 3.31. The van der Waals surface area contributed by atoms with Crippen LogP contribution >= 0.6 is 0 Å². The molecule has 1 N–H and O–H groups in total. The smallest absolute Gasteiger partial charge is 0.122 e. The second-order valence-corrected chi connectivity index (χ2v) is 5.92. The van der Waals surface area contributed by atoms with Crippen molar-refractivity contribution in [3.05, 3.63) is 29.8 Å². The number of methoxy groups -OCH3 is 1. The molecule has 0 heterocycles. The van der Waals surface area contributed by atoms with Crippen molar-refractivity contribution in [2.45, 2.75) is 51.7 Å². The first-order valence-corrected chi connectivity index (χ1v) is 8.23. The van der Waals surface area contributed by atoms with E-state index in [1.807, 2.05) is 12.1 Å². The van der Waals surface area contributed by atoms with Crippen LogP contribution in [0.1, 0.15) is 38.7 Å². The van der Waals surface area contributed by atoms with E-state index in [1.54, 1.807) is 7.11 Å². The van der Waals surface area contributed by atoms with Gasteiger partial charge in [-0.25, -0.2) is 0 Å². The average Bonchev–Trinajstić information content (AvgIpc) is 2.46. The van der Waals surface area contributed by atoms with Gasteiger partial charge in [0.1, 0.15) is 5.75 Å². The molecule has 1 aromatic rings. The van der Waals surface area contributed by atoms with E-state index in [0.717, 1.165) is 31.2 Å². The van der Waals surface area contributed by atoms with Crippen LogP contribution in [0.25, 0.3) is 0 Å². The van der Waals surface area contributed by atoms with Gasteiger partial charge in [0.15, 0.2) is 0 Å². The van der Waals surface area contributed by atoms with Gasteiger partial charge in [-0.2, -0.15) is 0 Å². The highest BCUT2D eigenvalue weighted by Crippen LogP contribution is 2.34. The molecular weight excluding hydrogens is 262 g/mol. The third-order valence-electron chi connectivity index (χ3n) is 4.36. The van der Waals surface area contributed by atoms with Crippen molar-refractivity contribution in [2.24, 2.45) is 5.92 Å². The molecule has 1 saturated carbocycles. The summed E-state index contributed by atoms with van der Waals surface area (Å²) in [5, 5.41) is 3.63. The molecule has 0 aliphatic heterocycles. The predicted molar refractivity (Wildman–Crippen MR) is 86.9 cm³/mol. The maximum Gasteiger partial charge on any atom is 0.122 e. The van der Waals surface area contributed by atoms with Gasteiger partial charge in [-0.3, -0.25) is 0 Å². The Morgan fingerprint density at radius 2 is 2.00 bits per heavy atom. The second kappa shape index (κ2) is 8.40. The second-order valence-electron chi connectivity index (χ2n) is 5.92. The van der Waals surface area contributed by atoms with Gasteiger partial charge in [0.25, 0.3) is 0 Å². The van der Waals surface area contributed by atoms with E-state index in [0.29, 0.717) is 12.1 Å². The molecule has 1 unspecified atom stereocenters. The molecule has 118 valence electrons. The molecule has 0 aromatic heterocycles. The predicted octanol–water partition coefficient (Wildman–Crippen LogP) is 3.42. The molecule has 0 saturated heterocycles. The van der Waals surface area contributed by atoms with E-state index < -0.39 is 0 Å². The minimum Gasteiger partial charge on any atom is -0.496 e. The standard InChI is InChI=1S/C18H29NO2/c1-4-19-16(10-14-11-17(12-14)21-5-2)13-15-8-6-7-9-18(15)20-3/h6-9,14,16-17,19H,4-5,10-13H2,1-3H3.